The van der Waals surface area contributed by atoms with Crippen LogP contribution < -0.4 is 38.5 Å². The second-order valence-electron chi connectivity index (χ2n) is 14.3. The molecule has 16 nitrogen and oxygen atoms in total. The molecule has 1 aliphatic heterocycles. The lowest BCUT2D eigenvalue weighted by Gasteiger charge is -2.33. The van der Waals surface area contributed by atoms with Crippen molar-refractivity contribution in [3.63, 3.8) is 0 Å². The van der Waals surface area contributed by atoms with Crippen molar-refractivity contribution in [2.75, 3.05) is 13.1 Å². The minimum absolute atomic E-state index is 0.00261. The van der Waals surface area contributed by atoms with E-state index in [1.54, 1.807) is 12.1 Å². The maximum atomic E-state index is 14.2. The summed E-state index contributed by atoms with van der Waals surface area (Å²) in [4.78, 5) is 85.3. The number of nitrogens with two attached hydrogens (primary N) is 3. The van der Waals surface area contributed by atoms with E-state index in [1.807, 2.05) is 13.8 Å². The van der Waals surface area contributed by atoms with Crippen LogP contribution in [-0.4, -0.2) is 94.7 Å². The van der Waals surface area contributed by atoms with Crippen molar-refractivity contribution in [3.8, 4) is 5.75 Å². The van der Waals surface area contributed by atoms with Crippen LogP contribution in [0.25, 0.3) is 0 Å². The Balaban J connectivity index is 1.87. The number of nitrogens with one attached hydrogen (secondary N) is 4. The number of carbonyl (C=O) groups excluding carboxylic acids is 6. The Morgan fingerprint density at radius 1 is 0.827 bits per heavy atom. The lowest BCUT2D eigenvalue weighted by molar-refractivity contribution is -0.141. The molecule has 2 aliphatic rings. The van der Waals surface area contributed by atoms with Gasteiger partial charge in [-0.05, 0) is 74.5 Å². The van der Waals surface area contributed by atoms with Gasteiger partial charge < -0.3 is 48.5 Å². The lowest BCUT2D eigenvalue weighted by Crippen LogP contribution is -2.60. The number of rotatable bonds is 18. The van der Waals surface area contributed by atoms with Crippen LogP contribution in [0, 0.1) is 11.8 Å². The minimum Gasteiger partial charge on any atom is -0.508 e. The molecule has 1 aliphatic carbocycles. The third kappa shape index (κ3) is 13.0. The molecule has 6 amide bonds. The van der Waals surface area contributed by atoms with E-state index in [9.17, 15) is 33.9 Å². The van der Waals surface area contributed by atoms with Crippen LogP contribution in [0.4, 0.5) is 0 Å². The van der Waals surface area contributed by atoms with Crippen LogP contribution in [0.2, 0.25) is 0 Å². The maximum Gasteiger partial charge on any atom is 0.245 e. The summed E-state index contributed by atoms with van der Waals surface area (Å²) in [7, 11) is 0. The van der Waals surface area contributed by atoms with Gasteiger partial charge in [0.2, 0.25) is 35.4 Å². The fourth-order valence-electron chi connectivity index (χ4n) is 6.97. The molecule has 1 saturated heterocycles. The van der Waals surface area contributed by atoms with E-state index in [4.69, 9.17) is 17.2 Å². The van der Waals surface area contributed by atoms with Gasteiger partial charge in [-0.15, -0.1) is 0 Å². The number of hydrogen-bond acceptors (Lipinski definition) is 8. The van der Waals surface area contributed by atoms with Crippen molar-refractivity contribution >= 4 is 41.4 Å². The van der Waals surface area contributed by atoms with E-state index in [1.165, 1.54) is 24.0 Å². The Morgan fingerprint density at radius 3 is 2.06 bits per heavy atom. The average molecular weight is 728 g/mol. The fraction of sp³-hybridized carbons (Fsp3) is 0.639. The van der Waals surface area contributed by atoms with Crippen LogP contribution in [0.5, 0.6) is 5.75 Å². The molecule has 0 bridgehead atoms. The molecule has 1 aromatic rings. The first kappa shape index (κ1) is 41.5. The topological polar surface area (TPSA) is 264 Å². The quantitative estimate of drug-likeness (QED) is 0.0576. The molecule has 11 N–H and O–H groups in total. The van der Waals surface area contributed by atoms with Crippen LogP contribution in [0.3, 0.4) is 0 Å². The molecule has 1 saturated carbocycles. The van der Waals surface area contributed by atoms with Gasteiger partial charge in [0.15, 0.2) is 5.96 Å². The highest BCUT2D eigenvalue weighted by Crippen LogP contribution is 2.27. The molecule has 52 heavy (non-hydrogen) atoms. The minimum atomic E-state index is -1.12. The zero-order valence-electron chi connectivity index (χ0n) is 30.6. The molecule has 0 aromatic heterocycles. The number of hydrogen-bond donors (Lipinski definition) is 8. The molecule has 0 radical (unpaired) electrons. The Kier molecular flexibility index (Phi) is 16.2. The van der Waals surface area contributed by atoms with Crippen molar-refractivity contribution in [2.45, 2.75) is 122 Å². The van der Waals surface area contributed by atoms with Gasteiger partial charge >= 0.3 is 0 Å². The predicted molar refractivity (Wildman–Crippen MR) is 195 cm³/mol. The van der Waals surface area contributed by atoms with Gasteiger partial charge in [-0.1, -0.05) is 45.2 Å². The molecule has 5 atom stereocenters. The first-order chi connectivity index (χ1) is 24.7. The smallest absolute Gasteiger partial charge is 0.245 e. The number of nitrogens with zero attached hydrogens (tertiary/aromatic N) is 2. The molecule has 1 aromatic carbocycles. The van der Waals surface area contributed by atoms with Crippen LogP contribution in [0.15, 0.2) is 29.3 Å². The monoisotopic (exact) mass is 727 g/mol. The van der Waals surface area contributed by atoms with Gasteiger partial charge in [0, 0.05) is 26.4 Å². The van der Waals surface area contributed by atoms with Gasteiger partial charge in [-0.25, -0.2) is 0 Å². The number of aromatic hydroxyl groups is 1. The maximum absolute atomic E-state index is 14.2. The Labute approximate surface area is 305 Å². The van der Waals surface area contributed by atoms with Crippen LogP contribution >= 0.6 is 0 Å². The molecular weight excluding hydrogens is 670 g/mol. The molecule has 3 rings (SSSR count). The van der Waals surface area contributed by atoms with Crippen molar-refractivity contribution in [3.05, 3.63) is 29.8 Å². The summed E-state index contributed by atoms with van der Waals surface area (Å²) in [5, 5.41) is 20.9. The molecule has 0 spiro atoms. The first-order valence-corrected chi connectivity index (χ1v) is 18.3. The molecular formula is C36H57N9O7. The third-order valence-electron chi connectivity index (χ3n) is 9.54. The highest BCUT2D eigenvalue weighted by Gasteiger charge is 2.39. The van der Waals surface area contributed by atoms with Gasteiger partial charge in [-0.3, -0.25) is 33.8 Å². The highest BCUT2D eigenvalue weighted by atomic mass is 16.3. The van der Waals surface area contributed by atoms with E-state index in [-0.39, 0.29) is 49.4 Å². The molecule has 16 heteroatoms. The fourth-order valence-corrected chi connectivity index (χ4v) is 6.97. The Morgan fingerprint density at radius 2 is 1.46 bits per heavy atom. The van der Waals surface area contributed by atoms with E-state index in [2.05, 4.69) is 26.3 Å². The van der Waals surface area contributed by atoms with Gasteiger partial charge in [0.05, 0.1) is 0 Å². The number of amides is 6. The average Bonchev–Trinajstić information content (AvgIpc) is 3.59. The number of primary amides is 1. The van der Waals surface area contributed by atoms with E-state index in [0.717, 1.165) is 19.3 Å². The normalized spacial score (nSPS) is 18.4. The summed E-state index contributed by atoms with van der Waals surface area (Å²) in [5.74, 6) is -3.50. The molecule has 1 heterocycles. The van der Waals surface area contributed by atoms with Crippen molar-refractivity contribution in [2.24, 2.45) is 34.0 Å². The summed E-state index contributed by atoms with van der Waals surface area (Å²) in [6.45, 7) is 5.63. The third-order valence-corrected chi connectivity index (χ3v) is 9.54. The second kappa shape index (κ2) is 20.2. The lowest BCUT2D eigenvalue weighted by atomic mass is 9.83. The van der Waals surface area contributed by atoms with Gasteiger partial charge in [-0.2, -0.15) is 0 Å². The zero-order valence-corrected chi connectivity index (χ0v) is 30.6. The van der Waals surface area contributed by atoms with E-state index in [0.29, 0.717) is 44.2 Å². The summed E-state index contributed by atoms with van der Waals surface area (Å²) >= 11 is 0. The zero-order chi connectivity index (χ0) is 38.4. The standard InChI is InChI=1S/C36H57N9O7/c1-21(2)19-28(35(52)45-18-8-12-29(45)31(37)48)43-32(49)26(11-7-17-40-36(38)39)42-34(51)30(24-9-5-4-6-10-24)44-33(50)27(41-22(3)46)20-23-13-15-25(47)16-14-23/h13-16,21,24,26-30,47H,4-12,17-20H2,1-3H3,(H2,37,48)(H,41,46)(H,42,51)(H,43,49)(H,44,50)(H4,38,39,40)/t26-,27-,28-,29-,30-/m0/s1. The number of benzene rings is 1. The number of guanidine groups is 1. The summed E-state index contributed by atoms with van der Waals surface area (Å²) < 4.78 is 0. The Hall–Kier alpha value is -4.89. The summed E-state index contributed by atoms with van der Waals surface area (Å²) in [6.07, 6.45) is 5.92. The molecule has 2 fully saturated rings. The van der Waals surface area contributed by atoms with Crippen molar-refractivity contribution in [1.82, 2.24) is 26.2 Å². The molecule has 0 unspecified atom stereocenters. The Bertz CT molecular complexity index is 1430. The van der Waals surface area contributed by atoms with Crippen molar-refractivity contribution < 1.29 is 33.9 Å². The van der Waals surface area contributed by atoms with E-state index < -0.39 is 65.7 Å². The van der Waals surface area contributed by atoms with Crippen LogP contribution in [0.1, 0.15) is 90.5 Å². The second-order valence-corrected chi connectivity index (χ2v) is 14.3. The van der Waals surface area contributed by atoms with Gasteiger partial charge in [0.25, 0.3) is 0 Å². The van der Waals surface area contributed by atoms with Crippen molar-refractivity contribution in [1.29, 1.82) is 0 Å². The number of aliphatic imine (C=N–C) groups is 1. The van der Waals surface area contributed by atoms with Gasteiger partial charge in [0.1, 0.15) is 36.0 Å². The number of phenolic OH excluding ortho intramolecular Hbond substituents is 1. The largest absolute Gasteiger partial charge is 0.508 e. The number of phenols is 1. The highest BCUT2D eigenvalue weighted by molar-refractivity contribution is 5.96. The van der Waals surface area contributed by atoms with E-state index >= 15 is 0 Å². The predicted octanol–water partition coefficient (Wildman–Crippen LogP) is 0.0501. The SMILES string of the molecule is CC(=O)N[C@@H](Cc1ccc(O)cc1)C(=O)N[C@H](C(=O)N[C@@H](CCCN=C(N)N)C(=O)N[C@@H](CC(C)C)C(=O)N1CCC[C@H]1C(N)=O)C1CCCCC1. The number of likely N-dealkylation sites (tertiary alicyclic amines) is 1. The number of carbonyl (C=O) groups is 6. The summed E-state index contributed by atoms with van der Waals surface area (Å²) in [6, 6.07) is 1.35. The van der Waals surface area contributed by atoms with Crippen LogP contribution in [-0.2, 0) is 35.2 Å². The molecule has 288 valence electrons. The summed E-state index contributed by atoms with van der Waals surface area (Å²) in [5.41, 5.74) is 17.2. The first-order valence-electron chi connectivity index (χ1n) is 18.3.